The lowest BCUT2D eigenvalue weighted by Crippen LogP contribution is -2.07. The van der Waals surface area contributed by atoms with E-state index in [0.717, 1.165) is 15.6 Å². The Morgan fingerprint density at radius 3 is 2.26 bits per heavy atom. The fourth-order valence-electron chi connectivity index (χ4n) is 2.45. The van der Waals surface area contributed by atoms with Crippen molar-refractivity contribution in [2.45, 2.75) is 0 Å². The number of nitrogen functional groups attached to an aromatic ring is 1. The summed E-state index contributed by atoms with van der Waals surface area (Å²) in [6.45, 7) is 0. The van der Waals surface area contributed by atoms with Crippen molar-refractivity contribution in [1.82, 2.24) is 0 Å². The van der Waals surface area contributed by atoms with Gasteiger partial charge in [0.2, 0.25) is 0 Å². The van der Waals surface area contributed by atoms with E-state index in [1.165, 1.54) is 0 Å². The first-order valence-corrected chi connectivity index (χ1v) is 8.18. The van der Waals surface area contributed by atoms with Crippen LogP contribution in [-0.4, -0.2) is 5.78 Å². The molecule has 0 aromatic heterocycles. The first-order valence-electron chi connectivity index (χ1n) is 7.01. The van der Waals surface area contributed by atoms with Crippen molar-refractivity contribution in [3.8, 4) is 11.1 Å². The Bertz CT molecular complexity index is 878. The SMILES string of the molecule is Nc1c(C(=O)c2ccccc2)cc(Br)cc1-c1ccccc1Cl. The van der Waals surface area contributed by atoms with Crippen LogP contribution in [0.3, 0.4) is 0 Å². The summed E-state index contributed by atoms with van der Waals surface area (Å²) >= 11 is 9.74. The number of anilines is 1. The molecule has 0 saturated carbocycles. The topological polar surface area (TPSA) is 43.1 Å². The summed E-state index contributed by atoms with van der Waals surface area (Å²) in [5.41, 5.74) is 9.32. The number of halogens is 2. The highest BCUT2D eigenvalue weighted by Crippen LogP contribution is 2.36. The van der Waals surface area contributed by atoms with Crippen LogP contribution in [0.15, 0.2) is 71.2 Å². The molecule has 23 heavy (non-hydrogen) atoms. The first kappa shape index (κ1) is 15.8. The van der Waals surface area contributed by atoms with Crippen LogP contribution < -0.4 is 5.73 Å². The molecule has 0 unspecified atom stereocenters. The normalized spacial score (nSPS) is 10.5. The fraction of sp³-hybridized carbons (Fsp3) is 0. The highest BCUT2D eigenvalue weighted by atomic mass is 79.9. The summed E-state index contributed by atoms with van der Waals surface area (Å²) in [5, 5.41) is 0.593. The Balaban J connectivity index is 2.17. The fourth-order valence-corrected chi connectivity index (χ4v) is 3.15. The van der Waals surface area contributed by atoms with Gasteiger partial charge >= 0.3 is 0 Å². The molecule has 3 rings (SSSR count). The molecule has 0 fully saturated rings. The Morgan fingerprint density at radius 2 is 1.57 bits per heavy atom. The van der Waals surface area contributed by atoms with Crippen molar-refractivity contribution in [3.63, 3.8) is 0 Å². The van der Waals surface area contributed by atoms with Gasteiger partial charge in [-0.05, 0) is 18.2 Å². The third-order valence-corrected chi connectivity index (χ3v) is 4.38. The minimum Gasteiger partial charge on any atom is -0.398 e. The highest BCUT2D eigenvalue weighted by molar-refractivity contribution is 9.10. The maximum absolute atomic E-state index is 12.8. The second-order valence-electron chi connectivity index (χ2n) is 5.09. The van der Waals surface area contributed by atoms with Crippen LogP contribution in [0, 0.1) is 0 Å². The van der Waals surface area contributed by atoms with Crippen molar-refractivity contribution in [2.24, 2.45) is 0 Å². The van der Waals surface area contributed by atoms with Crippen molar-refractivity contribution < 1.29 is 4.79 Å². The highest BCUT2D eigenvalue weighted by Gasteiger charge is 2.17. The van der Waals surface area contributed by atoms with E-state index in [1.807, 2.05) is 42.5 Å². The van der Waals surface area contributed by atoms with Gasteiger partial charge < -0.3 is 5.73 Å². The Morgan fingerprint density at radius 1 is 0.913 bits per heavy atom. The van der Waals surface area contributed by atoms with Gasteiger partial charge in [0.05, 0.1) is 5.69 Å². The molecule has 0 saturated heterocycles. The van der Waals surface area contributed by atoms with Gasteiger partial charge in [0.25, 0.3) is 0 Å². The lowest BCUT2D eigenvalue weighted by molar-refractivity contribution is 0.103. The summed E-state index contributed by atoms with van der Waals surface area (Å²) in [6, 6.07) is 20.1. The van der Waals surface area contributed by atoms with Crippen LogP contribution in [-0.2, 0) is 0 Å². The zero-order valence-corrected chi connectivity index (χ0v) is 14.4. The summed E-state index contributed by atoms with van der Waals surface area (Å²) in [4.78, 5) is 12.8. The smallest absolute Gasteiger partial charge is 0.195 e. The van der Waals surface area contributed by atoms with E-state index in [1.54, 1.807) is 24.3 Å². The third kappa shape index (κ3) is 3.16. The third-order valence-electron chi connectivity index (χ3n) is 3.59. The molecule has 0 spiro atoms. The van der Waals surface area contributed by atoms with E-state index in [2.05, 4.69) is 15.9 Å². The number of hydrogen-bond acceptors (Lipinski definition) is 2. The minimum absolute atomic E-state index is 0.113. The van der Waals surface area contributed by atoms with Crippen LogP contribution in [0.1, 0.15) is 15.9 Å². The molecule has 0 aliphatic rings. The molecule has 3 aromatic carbocycles. The number of nitrogens with two attached hydrogens (primary N) is 1. The van der Waals surface area contributed by atoms with E-state index < -0.39 is 0 Å². The number of hydrogen-bond donors (Lipinski definition) is 1. The molecular weight excluding hydrogens is 374 g/mol. The standard InChI is InChI=1S/C19H13BrClNO/c20-13-10-15(14-8-4-5-9-17(14)21)18(22)16(11-13)19(23)12-6-2-1-3-7-12/h1-11H,22H2. The van der Waals surface area contributed by atoms with Gasteiger partial charge in [0, 0.05) is 31.7 Å². The molecule has 114 valence electrons. The Hall–Kier alpha value is -2.10. The predicted octanol–water partition coefficient (Wildman–Crippen LogP) is 5.58. The lowest BCUT2D eigenvalue weighted by atomic mass is 9.95. The van der Waals surface area contributed by atoms with Crippen LogP contribution in [0.4, 0.5) is 5.69 Å². The van der Waals surface area contributed by atoms with Crippen LogP contribution in [0.25, 0.3) is 11.1 Å². The summed E-state index contributed by atoms with van der Waals surface area (Å²) < 4.78 is 0.779. The quantitative estimate of drug-likeness (QED) is 0.471. The van der Waals surface area contributed by atoms with Crippen molar-refractivity contribution in [2.75, 3.05) is 5.73 Å². The zero-order chi connectivity index (χ0) is 16.4. The second kappa shape index (κ2) is 6.57. The van der Waals surface area contributed by atoms with Gasteiger partial charge in [0.1, 0.15) is 0 Å². The predicted molar refractivity (Wildman–Crippen MR) is 98.9 cm³/mol. The van der Waals surface area contributed by atoms with E-state index in [9.17, 15) is 4.79 Å². The van der Waals surface area contributed by atoms with Gasteiger partial charge in [0.15, 0.2) is 5.78 Å². The largest absolute Gasteiger partial charge is 0.398 e. The number of rotatable bonds is 3. The average Bonchev–Trinajstić information content (AvgIpc) is 2.57. The Labute approximate surface area is 148 Å². The monoisotopic (exact) mass is 385 g/mol. The minimum atomic E-state index is -0.113. The number of ketones is 1. The van der Waals surface area contributed by atoms with E-state index in [0.29, 0.717) is 21.8 Å². The maximum atomic E-state index is 12.8. The van der Waals surface area contributed by atoms with Gasteiger partial charge in [-0.2, -0.15) is 0 Å². The number of carbonyl (C=O) groups is 1. The van der Waals surface area contributed by atoms with Crippen molar-refractivity contribution in [1.29, 1.82) is 0 Å². The molecule has 0 bridgehead atoms. The molecule has 4 heteroatoms. The number of benzene rings is 3. The molecule has 3 aromatic rings. The van der Waals surface area contributed by atoms with Crippen molar-refractivity contribution in [3.05, 3.63) is 87.4 Å². The first-order chi connectivity index (χ1) is 11.1. The molecule has 0 amide bonds. The molecule has 0 heterocycles. The van der Waals surface area contributed by atoms with E-state index in [-0.39, 0.29) is 5.78 Å². The van der Waals surface area contributed by atoms with E-state index >= 15 is 0 Å². The van der Waals surface area contributed by atoms with Crippen LogP contribution in [0.5, 0.6) is 0 Å². The van der Waals surface area contributed by atoms with Gasteiger partial charge in [-0.15, -0.1) is 0 Å². The molecule has 0 aliphatic heterocycles. The molecule has 0 aliphatic carbocycles. The molecule has 0 atom stereocenters. The average molecular weight is 387 g/mol. The lowest BCUT2D eigenvalue weighted by Gasteiger charge is -2.13. The van der Waals surface area contributed by atoms with Crippen LogP contribution >= 0.6 is 27.5 Å². The van der Waals surface area contributed by atoms with Gasteiger partial charge in [-0.25, -0.2) is 0 Å². The van der Waals surface area contributed by atoms with Crippen molar-refractivity contribution >= 4 is 39.0 Å². The summed E-state index contributed by atoms with van der Waals surface area (Å²) in [6.07, 6.45) is 0. The molecule has 2 nitrogen and oxygen atoms in total. The Kier molecular flexibility index (Phi) is 4.51. The maximum Gasteiger partial charge on any atom is 0.195 e. The second-order valence-corrected chi connectivity index (χ2v) is 6.41. The van der Waals surface area contributed by atoms with Crippen LogP contribution in [0.2, 0.25) is 5.02 Å². The molecule has 2 N–H and O–H groups in total. The van der Waals surface area contributed by atoms with Gasteiger partial charge in [-0.1, -0.05) is 76.1 Å². The molecule has 0 radical (unpaired) electrons. The zero-order valence-electron chi connectivity index (χ0n) is 12.1. The number of carbonyl (C=O) groups excluding carboxylic acids is 1. The summed E-state index contributed by atoms with van der Waals surface area (Å²) in [5.74, 6) is -0.113. The van der Waals surface area contributed by atoms with E-state index in [4.69, 9.17) is 17.3 Å². The summed E-state index contributed by atoms with van der Waals surface area (Å²) in [7, 11) is 0. The van der Waals surface area contributed by atoms with Gasteiger partial charge in [-0.3, -0.25) is 4.79 Å². The molecular formula is C19H13BrClNO.